The molecule has 0 saturated carbocycles. The number of aryl methyl sites for hydroxylation is 1. The van der Waals surface area contributed by atoms with Gasteiger partial charge >= 0.3 is 0 Å². The molecule has 0 aliphatic heterocycles. The Morgan fingerprint density at radius 2 is 2.10 bits per heavy atom. The third-order valence-corrected chi connectivity index (χ3v) is 5.77. The van der Waals surface area contributed by atoms with E-state index in [0.717, 1.165) is 34.0 Å². The van der Waals surface area contributed by atoms with Gasteiger partial charge in [-0.1, -0.05) is 30.0 Å². The topological polar surface area (TPSA) is 78.7 Å². The highest BCUT2D eigenvalue weighted by Gasteiger charge is 2.14. The molecule has 29 heavy (non-hydrogen) atoms. The van der Waals surface area contributed by atoms with E-state index in [2.05, 4.69) is 36.8 Å². The number of rotatable bonds is 10. The third kappa shape index (κ3) is 5.91. The fourth-order valence-electron chi connectivity index (χ4n) is 2.64. The summed E-state index contributed by atoms with van der Waals surface area (Å²) in [5.74, 6) is 1.78. The highest BCUT2D eigenvalue weighted by Crippen LogP contribution is 2.37. The summed E-state index contributed by atoms with van der Waals surface area (Å²) in [6.45, 7) is 1.84. The predicted molar refractivity (Wildman–Crippen MR) is 111 cm³/mol. The van der Waals surface area contributed by atoms with Crippen molar-refractivity contribution in [2.45, 2.75) is 18.3 Å². The molecule has 1 heterocycles. The molecule has 0 saturated heterocycles. The SMILES string of the molecule is COc1cc(C[NH2+]CCSc2nnnn2C)cc(Br)c1OCc1ccccc1F. The summed E-state index contributed by atoms with van der Waals surface area (Å²) in [7, 11) is 3.42. The Morgan fingerprint density at radius 1 is 1.28 bits per heavy atom. The van der Waals surface area contributed by atoms with E-state index < -0.39 is 0 Å². The van der Waals surface area contributed by atoms with E-state index in [1.165, 1.54) is 6.07 Å². The number of hydrogen-bond acceptors (Lipinski definition) is 6. The zero-order valence-corrected chi connectivity index (χ0v) is 18.5. The summed E-state index contributed by atoms with van der Waals surface area (Å²) in [5, 5.41) is 14.4. The van der Waals surface area contributed by atoms with Gasteiger partial charge in [0.1, 0.15) is 19.0 Å². The molecule has 0 fully saturated rings. The number of tetrazole rings is 1. The Kier molecular flexibility index (Phi) is 7.84. The Bertz CT molecular complexity index is 956. The van der Waals surface area contributed by atoms with Gasteiger partial charge in [0.05, 0.1) is 23.9 Å². The largest absolute Gasteiger partial charge is 0.493 e. The molecule has 2 aromatic carbocycles. The number of aromatic nitrogens is 4. The number of nitrogens with zero attached hydrogens (tertiary/aromatic N) is 4. The maximum atomic E-state index is 13.8. The van der Waals surface area contributed by atoms with E-state index in [1.807, 2.05) is 19.2 Å². The first-order valence-corrected chi connectivity index (χ1v) is 10.8. The standard InChI is InChI=1S/C19H21BrFN5O2S/c1-26-19(23-24-25-26)29-8-7-22-11-13-9-15(20)18(17(10-13)27-2)28-12-14-5-3-4-6-16(14)21/h3-6,9-10,22H,7-8,11-12H2,1-2H3/p+1. The summed E-state index contributed by atoms with van der Waals surface area (Å²) in [6, 6.07) is 10.5. The molecule has 3 rings (SSSR count). The Morgan fingerprint density at radius 3 is 2.83 bits per heavy atom. The first-order chi connectivity index (χ1) is 14.1. The van der Waals surface area contributed by atoms with Crippen molar-refractivity contribution >= 4 is 27.7 Å². The minimum atomic E-state index is -0.288. The molecule has 0 unspecified atom stereocenters. The van der Waals surface area contributed by atoms with E-state index in [4.69, 9.17) is 9.47 Å². The van der Waals surface area contributed by atoms with Crippen molar-refractivity contribution < 1.29 is 19.2 Å². The van der Waals surface area contributed by atoms with E-state index in [9.17, 15) is 4.39 Å². The third-order valence-electron chi connectivity index (χ3n) is 4.13. The van der Waals surface area contributed by atoms with Crippen LogP contribution in [0.3, 0.4) is 0 Å². The van der Waals surface area contributed by atoms with Crippen LogP contribution in [-0.2, 0) is 20.2 Å². The molecule has 154 valence electrons. The predicted octanol–water partition coefficient (Wildman–Crippen LogP) is 2.56. The second-order valence-corrected chi connectivity index (χ2v) is 8.12. The zero-order chi connectivity index (χ0) is 20.6. The quantitative estimate of drug-likeness (QED) is 0.353. The van der Waals surface area contributed by atoms with Gasteiger partial charge in [-0.05, 0) is 44.6 Å². The Hall–Kier alpha value is -2.17. The van der Waals surface area contributed by atoms with Crippen LogP contribution in [0.15, 0.2) is 46.0 Å². The van der Waals surface area contributed by atoms with Crippen LogP contribution in [0.4, 0.5) is 4.39 Å². The van der Waals surface area contributed by atoms with Gasteiger partial charge in [0.25, 0.3) is 0 Å². The van der Waals surface area contributed by atoms with Crippen LogP contribution in [0.5, 0.6) is 11.5 Å². The molecule has 3 aromatic rings. The maximum Gasteiger partial charge on any atom is 0.209 e. The van der Waals surface area contributed by atoms with Crippen molar-refractivity contribution in [3.05, 3.63) is 57.8 Å². The van der Waals surface area contributed by atoms with Crippen molar-refractivity contribution in [2.24, 2.45) is 7.05 Å². The van der Waals surface area contributed by atoms with Crippen LogP contribution in [0.25, 0.3) is 0 Å². The summed E-state index contributed by atoms with van der Waals surface area (Å²) < 4.78 is 27.6. The number of nitrogens with two attached hydrogens (primary N) is 1. The lowest BCUT2D eigenvalue weighted by Crippen LogP contribution is -2.83. The number of benzene rings is 2. The molecular weight excluding hydrogens is 461 g/mol. The van der Waals surface area contributed by atoms with Gasteiger partial charge in [0.2, 0.25) is 5.16 Å². The van der Waals surface area contributed by atoms with Crippen molar-refractivity contribution in [1.29, 1.82) is 0 Å². The van der Waals surface area contributed by atoms with E-state index in [1.54, 1.807) is 41.8 Å². The van der Waals surface area contributed by atoms with Gasteiger partial charge in [-0.15, -0.1) is 5.10 Å². The van der Waals surface area contributed by atoms with Gasteiger partial charge in [0, 0.05) is 18.2 Å². The fourth-order valence-corrected chi connectivity index (χ4v) is 4.03. The van der Waals surface area contributed by atoms with Crippen LogP contribution in [0.1, 0.15) is 11.1 Å². The van der Waals surface area contributed by atoms with Crippen LogP contribution in [0.2, 0.25) is 0 Å². The monoisotopic (exact) mass is 482 g/mol. The molecular formula is C19H22BrFN5O2S+. The van der Waals surface area contributed by atoms with Crippen molar-refractivity contribution in [3.63, 3.8) is 0 Å². The average molecular weight is 483 g/mol. The van der Waals surface area contributed by atoms with Gasteiger partial charge in [-0.2, -0.15) is 0 Å². The first-order valence-electron chi connectivity index (χ1n) is 8.98. The van der Waals surface area contributed by atoms with Crippen LogP contribution in [-0.4, -0.2) is 39.6 Å². The molecule has 0 aliphatic rings. The van der Waals surface area contributed by atoms with Crippen LogP contribution in [0, 0.1) is 5.82 Å². The number of hydrogen-bond donors (Lipinski definition) is 1. The molecule has 0 bridgehead atoms. The molecule has 0 radical (unpaired) electrons. The zero-order valence-electron chi connectivity index (χ0n) is 16.1. The average Bonchev–Trinajstić information content (AvgIpc) is 3.12. The van der Waals surface area contributed by atoms with Crippen molar-refractivity contribution in [2.75, 3.05) is 19.4 Å². The maximum absolute atomic E-state index is 13.8. The van der Waals surface area contributed by atoms with E-state index >= 15 is 0 Å². The number of methoxy groups -OCH3 is 1. The molecule has 0 atom stereocenters. The Labute approximate surface area is 181 Å². The summed E-state index contributed by atoms with van der Waals surface area (Å²) in [4.78, 5) is 0. The molecule has 0 spiro atoms. The summed E-state index contributed by atoms with van der Waals surface area (Å²) >= 11 is 5.16. The second-order valence-electron chi connectivity index (χ2n) is 6.20. The molecule has 7 nitrogen and oxygen atoms in total. The lowest BCUT2D eigenvalue weighted by atomic mass is 10.2. The molecule has 10 heteroatoms. The van der Waals surface area contributed by atoms with Crippen molar-refractivity contribution in [3.8, 4) is 11.5 Å². The fraction of sp³-hybridized carbons (Fsp3) is 0.316. The lowest BCUT2D eigenvalue weighted by Gasteiger charge is -2.14. The molecule has 0 aliphatic carbocycles. The van der Waals surface area contributed by atoms with E-state index in [0.29, 0.717) is 17.1 Å². The number of halogens is 2. The van der Waals surface area contributed by atoms with Gasteiger partial charge in [-0.25, -0.2) is 9.07 Å². The molecule has 2 N–H and O–H groups in total. The molecule has 1 aromatic heterocycles. The minimum Gasteiger partial charge on any atom is -0.493 e. The number of quaternary nitrogens is 1. The smallest absolute Gasteiger partial charge is 0.209 e. The molecule has 0 amide bonds. The lowest BCUT2D eigenvalue weighted by molar-refractivity contribution is -0.666. The highest BCUT2D eigenvalue weighted by atomic mass is 79.9. The van der Waals surface area contributed by atoms with Crippen LogP contribution < -0.4 is 14.8 Å². The first kappa shape index (κ1) is 21.5. The summed E-state index contributed by atoms with van der Waals surface area (Å²) in [6.07, 6.45) is 0. The van der Waals surface area contributed by atoms with Gasteiger partial charge < -0.3 is 14.8 Å². The number of thioether (sulfide) groups is 1. The highest BCUT2D eigenvalue weighted by molar-refractivity contribution is 9.10. The summed E-state index contributed by atoms with van der Waals surface area (Å²) in [5.41, 5.74) is 1.59. The second kappa shape index (κ2) is 10.6. The minimum absolute atomic E-state index is 0.126. The van der Waals surface area contributed by atoms with E-state index in [-0.39, 0.29) is 12.4 Å². The normalized spacial score (nSPS) is 10.9. The van der Waals surface area contributed by atoms with Gasteiger partial charge in [0.15, 0.2) is 11.5 Å². The van der Waals surface area contributed by atoms with Crippen molar-refractivity contribution in [1.82, 2.24) is 20.2 Å². The van der Waals surface area contributed by atoms with Gasteiger partial charge in [-0.3, -0.25) is 0 Å². The van der Waals surface area contributed by atoms with Crippen LogP contribution >= 0.6 is 27.7 Å². The number of ether oxygens (including phenoxy) is 2. The Balaban J connectivity index is 1.55.